The van der Waals surface area contributed by atoms with Gasteiger partial charge in [-0.05, 0) is 29.4 Å². The van der Waals surface area contributed by atoms with E-state index in [1.54, 1.807) is 12.2 Å². The Morgan fingerprint density at radius 3 is 2.30 bits per heavy atom. The molecule has 110 valence electrons. The predicted molar refractivity (Wildman–Crippen MR) is 78.1 cm³/mol. The van der Waals surface area contributed by atoms with E-state index < -0.39 is 5.60 Å². The van der Waals surface area contributed by atoms with E-state index in [0.717, 1.165) is 5.57 Å². The molecular formula is C17H24O3. The molecule has 0 aromatic heterocycles. The van der Waals surface area contributed by atoms with Crippen LogP contribution in [0.15, 0.2) is 24.3 Å². The molecule has 0 aliphatic heterocycles. The van der Waals surface area contributed by atoms with E-state index in [2.05, 4.69) is 34.3 Å². The summed E-state index contributed by atoms with van der Waals surface area (Å²) in [6, 6.07) is 0. The normalized spacial score (nSPS) is 30.9. The van der Waals surface area contributed by atoms with Crippen LogP contribution in [-0.4, -0.2) is 17.4 Å². The molecule has 0 bridgehead atoms. The average Bonchev–Trinajstić information content (AvgIpc) is 2.52. The zero-order chi connectivity index (χ0) is 15.3. The molecule has 1 atom stereocenters. The summed E-state index contributed by atoms with van der Waals surface area (Å²) >= 11 is 0. The first-order chi connectivity index (χ1) is 9.08. The minimum absolute atomic E-state index is 0.0199. The molecule has 0 N–H and O–H groups in total. The second-order valence-electron chi connectivity index (χ2n) is 7.26. The third-order valence-corrected chi connectivity index (χ3v) is 5.58. The van der Waals surface area contributed by atoms with Crippen molar-refractivity contribution in [2.24, 2.45) is 16.7 Å². The van der Waals surface area contributed by atoms with Crippen molar-refractivity contribution in [1.82, 2.24) is 0 Å². The van der Waals surface area contributed by atoms with E-state index in [1.165, 1.54) is 0 Å². The Balaban J connectivity index is 2.20. The van der Waals surface area contributed by atoms with Crippen LogP contribution < -0.4 is 0 Å². The number of allylic oxidation sites excluding steroid dienone is 1. The number of carbonyl (C=O) groups excluding carboxylic acids is 2. The van der Waals surface area contributed by atoms with E-state index in [0.29, 0.717) is 6.42 Å². The molecule has 0 radical (unpaired) electrons. The summed E-state index contributed by atoms with van der Waals surface area (Å²) in [6.45, 7) is 13.9. The van der Waals surface area contributed by atoms with Gasteiger partial charge in [0, 0.05) is 6.42 Å². The van der Waals surface area contributed by atoms with Crippen molar-refractivity contribution in [2.75, 3.05) is 0 Å². The third kappa shape index (κ3) is 1.95. The fraction of sp³-hybridized carbons (Fsp3) is 0.647. The molecule has 20 heavy (non-hydrogen) atoms. The molecule has 2 aliphatic carbocycles. The molecule has 3 nitrogen and oxygen atoms in total. The van der Waals surface area contributed by atoms with Crippen LogP contribution in [0.5, 0.6) is 0 Å². The van der Waals surface area contributed by atoms with Crippen molar-refractivity contribution in [3.05, 3.63) is 24.3 Å². The van der Waals surface area contributed by atoms with Crippen molar-refractivity contribution in [3.63, 3.8) is 0 Å². The topological polar surface area (TPSA) is 43.4 Å². The average molecular weight is 276 g/mol. The standard InChI is InChI=1S/C17H24O3/c1-7-8-17(10-12(18)9-11(17)2)20-14(19)13-15(3,4)16(13,5)6/h7,9,13H,1,8,10H2,2-6H3. The maximum atomic E-state index is 12.5. The Labute approximate surface area is 121 Å². The Hall–Kier alpha value is -1.38. The van der Waals surface area contributed by atoms with Crippen LogP contribution in [0.3, 0.4) is 0 Å². The fourth-order valence-corrected chi connectivity index (χ4v) is 3.51. The first-order valence-corrected chi connectivity index (χ1v) is 7.14. The largest absolute Gasteiger partial charge is 0.453 e. The van der Waals surface area contributed by atoms with Gasteiger partial charge in [-0.1, -0.05) is 33.8 Å². The fourth-order valence-electron chi connectivity index (χ4n) is 3.51. The van der Waals surface area contributed by atoms with Crippen LogP contribution in [-0.2, 0) is 14.3 Å². The number of esters is 1. The number of ether oxygens (including phenoxy) is 1. The maximum absolute atomic E-state index is 12.5. The van der Waals surface area contributed by atoms with E-state index >= 15 is 0 Å². The molecule has 0 amide bonds. The Kier molecular flexibility index (Phi) is 3.23. The summed E-state index contributed by atoms with van der Waals surface area (Å²) in [4.78, 5) is 24.2. The summed E-state index contributed by atoms with van der Waals surface area (Å²) in [6.07, 6.45) is 4.02. The summed E-state index contributed by atoms with van der Waals surface area (Å²) in [5.74, 6) is -0.282. The minimum atomic E-state index is -0.801. The number of hydrogen-bond acceptors (Lipinski definition) is 3. The number of rotatable bonds is 4. The minimum Gasteiger partial charge on any atom is -0.453 e. The van der Waals surface area contributed by atoms with Gasteiger partial charge in [0.05, 0.1) is 12.3 Å². The van der Waals surface area contributed by atoms with Gasteiger partial charge in [0.2, 0.25) is 0 Å². The zero-order valence-electron chi connectivity index (χ0n) is 13.1. The quantitative estimate of drug-likeness (QED) is 0.583. The summed E-state index contributed by atoms with van der Waals surface area (Å²) in [7, 11) is 0. The van der Waals surface area contributed by atoms with E-state index in [-0.39, 0.29) is 34.9 Å². The monoisotopic (exact) mass is 276 g/mol. The van der Waals surface area contributed by atoms with Gasteiger partial charge in [-0.3, -0.25) is 9.59 Å². The van der Waals surface area contributed by atoms with Crippen LogP contribution in [0.2, 0.25) is 0 Å². The number of hydrogen-bond donors (Lipinski definition) is 0. The lowest BCUT2D eigenvalue weighted by atomic mass is 9.92. The number of carbonyl (C=O) groups is 2. The lowest BCUT2D eigenvalue weighted by molar-refractivity contribution is -0.159. The highest BCUT2D eigenvalue weighted by atomic mass is 16.6. The van der Waals surface area contributed by atoms with Gasteiger partial charge in [0.25, 0.3) is 0 Å². The zero-order valence-corrected chi connectivity index (χ0v) is 13.1. The Morgan fingerprint density at radius 2 is 1.95 bits per heavy atom. The molecule has 1 saturated carbocycles. The molecule has 0 saturated heterocycles. The van der Waals surface area contributed by atoms with Gasteiger partial charge in [0.1, 0.15) is 5.60 Å². The van der Waals surface area contributed by atoms with Crippen molar-refractivity contribution >= 4 is 11.8 Å². The van der Waals surface area contributed by atoms with Crippen LogP contribution in [0.4, 0.5) is 0 Å². The van der Waals surface area contributed by atoms with Gasteiger partial charge < -0.3 is 4.74 Å². The molecular weight excluding hydrogens is 252 g/mol. The molecule has 2 rings (SSSR count). The smallest absolute Gasteiger partial charge is 0.310 e. The lowest BCUT2D eigenvalue weighted by Crippen LogP contribution is -2.36. The summed E-state index contributed by atoms with van der Waals surface area (Å²) in [5.41, 5.74) is -0.0867. The molecule has 1 unspecified atom stereocenters. The highest BCUT2D eigenvalue weighted by molar-refractivity contribution is 5.95. The van der Waals surface area contributed by atoms with Crippen molar-refractivity contribution in [2.45, 2.75) is 53.1 Å². The molecule has 1 fully saturated rings. The van der Waals surface area contributed by atoms with Gasteiger partial charge >= 0.3 is 5.97 Å². The third-order valence-electron chi connectivity index (χ3n) is 5.58. The summed E-state index contributed by atoms with van der Waals surface area (Å²) < 4.78 is 5.82. The molecule has 0 aromatic carbocycles. The molecule has 2 aliphatic rings. The van der Waals surface area contributed by atoms with E-state index in [9.17, 15) is 9.59 Å². The highest BCUT2D eigenvalue weighted by Gasteiger charge is 2.69. The van der Waals surface area contributed by atoms with Crippen molar-refractivity contribution in [1.29, 1.82) is 0 Å². The van der Waals surface area contributed by atoms with E-state index in [4.69, 9.17) is 4.74 Å². The first kappa shape index (κ1) is 15.0. The number of ketones is 1. The van der Waals surface area contributed by atoms with Crippen molar-refractivity contribution < 1.29 is 14.3 Å². The van der Waals surface area contributed by atoms with Gasteiger partial charge in [0.15, 0.2) is 5.78 Å². The van der Waals surface area contributed by atoms with Gasteiger partial charge in [-0.15, -0.1) is 6.58 Å². The van der Waals surface area contributed by atoms with Crippen LogP contribution in [0, 0.1) is 16.7 Å². The summed E-state index contributed by atoms with van der Waals surface area (Å²) in [5, 5.41) is 0. The van der Waals surface area contributed by atoms with Crippen LogP contribution >= 0.6 is 0 Å². The Morgan fingerprint density at radius 1 is 1.40 bits per heavy atom. The second kappa shape index (κ2) is 4.31. The molecule has 0 aromatic rings. The van der Waals surface area contributed by atoms with Gasteiger partial charge in [-0.2, -0.15) is 0 Å². The Bertz CT molecular complexity index is 496. The van der Waals surface area contributed by atoms with Gasteiger partial charge in [-0.25, -0.2) is 0 Å². The van der Waals surface area contributed by atoms with E-state index in [1.807, 2.05) is 6.92 Å². The SMILES string of the molecule is C=CCC1(OC(=O)C2C(C)(C)C2(C)C)CC(=O)C=C1C. The molecule has 0 spiro atoms. The van der Waals surface area contributed by atoms with Crippen molar-refractivity contribution in [3.8, 4) is 0 Å². The molecule has 0 heterocycles. The lowest BCUT2D eigenvalue weighted by Gasteiger charge is -2.29. The highest BCUT2D eigenvalue weighted by Crippen LogP contribution is 2.69. The predicted octanol–water partition coefficient (Wildman–Crippen LogP) is 3.45. The second-order valence-corrected chi connectivity index (χ2v) is 7.26. The van der Waals surface area contributed by atoms with Crippen LogP contribution in [0.25, 0.3) is 0 Å². The van der Waals surface area contributed by atoms with Crippen LogP contribution in [0.1, 0.15) is 47.5 Å². The molecule has 3 heteroatoms. The first-order valence-electron chi connectivity index (χ1n) is 7.14. The maximum Gasteiger partial charge on any atom is 0.310 e.